The van der Waals surface area contributed by atoms with E-state index < -0.39 is 33.4 Å². The molecule has 3 amide bonds. The van der Waals surface area contributed by atoms with E-state index in [9.17, 15) is 32.3 Å². The smallest absolute Gasteiger partial charge is 0.300 e. The summed E-state index contributed by atoms with van der Waals surface area (Å²) >= 11 is 0. The summed E-state index contributed by atoms with van der Waals surface area (Å²) in [6, 6.07) is 10.1. The first-order valence-corrected chi connectivity index (χ1v) is 10.5. The van der Waals surface area contributed by atoms with Crippen LogP contribution >= 0.6 is 0 Å². The van der Waals surface area contributed by atoms with E-state index in [-0.39, 0.29) is 17.3 Å². The number of hydrogen-bond donors (Lipinski definition) is 3. The molecule has 0 atom stereocenters. The van der Waals surface area contributed by atoms with Gasteiger partial charge in [0, 0.05) is 12.6 Å². The molecule has 2 aromatic carbocycles. The van der Waals surface area contributed by atoms with Gasteiger partial charge in [0.25, 0.3) is 21.8 Å². The normalized spacial score (nSPS) is 11.5. The van der Waals surface area contributed by atoms with Gasteiger partial charge in [0.15, 0.2) is 5.76 Å². The largest absolute Gasteiger partial charge is 0.503 e. The molecule has 2 rings (SSSR count). The van der Waals surface area contributed by atoms with E-state index >= 15 is 0 Å². The molecule has 0 fully saturated rings. The Morgan fingerprint density at radius 1 is 1.09 bits per heavy atom. The van der Waals surface area contributed by atoms with Crippen LogP contribution in [0.4, 0.5) is 10.1 Å². The summed E-state index contributed by atoms with van der Waals surface area (Å²) in [5.74, 6) is -4.39. The van der Waals surface area contributed by atoms with Gasteiger partial charge < -0.3 is 10.4 Å². The Hall–Kier alpha value is -3.77. The van der Waals surface area contributed by atoms with E-state index in [0.29, 0.717) is 17.3 Å². The third-order valence-electron chi connectivity index (χ3n) is 3.91. The first-order valence-electron chi connectivity index (χ1n) is 8.97. The third-order valence-corrected chi connectivity index (χ3v) is 5.26. The lowest BCUT2D eigenvalue weighted by atomic mass is 10.2. The summed E-state index contributed by atoms with van der Waals surface area (Å²) in [6.45, 7) is 1.16. The number of nitrogens with zero attached hydrogens (tertiary/aromatic N) is 1. The second kappa shape index (κ2) is 10.5. The molecule has 0 heterocycles. The third kappa shape index (κ3) is 6.89. The van der Waals surface area contributed by atoms with Crippen molar-refractivity contribution < 1.29 is 37.1 Å². The Morgan fingerprint density at radius 3 is 2.22 bits per heavy atom. The second-order valence-corrected chi connectivity index (χ2v) is 8.04. The molecule has 0 bridgehead atoms. The minimum absolute atomic E-state index is 0.125. The van der Waals surface area contributed by atoms with E-state index in [1.165, 1.54) is 50.4 Å². The van der Waals surface area contributed by atoms with E-state index in [1.54, 1.807) is 4.72 Å². The van der Waals surface area contributed by atoms with Crippen molar-refractivity contribution in [3.8, 4) is 0 Å². The summed E-state index contributed by atoms with van der Waals surface area (Å²) in [7, 11) is -3.20. The number of carbonyl (C=O) groups is 3. The average molecular weight is 465 g/mol. The maximum atomic E-state index is 13.0. The number of aliphatic hydroxyl groups excluding tert-OH is 1. The molecule has 12 heteroatoms. The number of aliphatic hydroxyl groups is 1. The minimum atomic E-state index is -4.37. The van der Waals surface area contributed by atoms with Crippen LogP contribution in [0.1, 0.15) is 12.5 Å². The zero-order valence-electron chi connectivity index (χ0n) is 17.0. The van der Waals surface area contributed by atoms with Crippen LogP contribution in [0.2, 0.25) is 0 Å². The number of amides is 3. The first-order chi connectivity index (χ1) is 15.0. The van der Waals surface area contributed by atoms with Crippen molar-refractivity contribution in [1.82, 2.24) is 9.79 Å². The fourth-order valence-electron chi connectivity index (χ4n) is 2.40. The van der Waals surface area contributed by atoms with Crippen molar-refractivity contribution in [1.29, 1.82) is 0 Å². The van der Waals surface area contributed by atoms with E-state index in [1.807, 2.05) is 0 Å². The molecule has 0 spiro atoms. The number of hydrogen-bond acceptors (Lipinski definition) is 7. The number of halogens is 1. The quantitative estimate of drug-likeness (QED) is 0.305. The topological polar surface area (TPSA) is 142 Å². The Morgan fingerprint density at radius 2 is 1.69 bits per heavy atom. The molecule has 10 nitrogen and oxygen atoms in total. The Labute approximate surface area is 183 Å². The highest BCUT2D eigenvalue weighted by Crippen LogP contribution is 2.14. The van der Waals surface area contributed by atoms with Crippen LogP contribution in [-0.4, -0.2) is 43.4 Å². The molecule has 2 aromatic rings. The molecule has 170 valence electrons. The molecule has 3 N–H and O–H groups in total. The van der Waals surface area contributed by atoms with Crippen molar-refractivity contribution >= 4 is 33.4 Å². The fourth-order valence-corrected chi connectivity index (χ4v) is 3.36. The highest BCUT2D eigenvalue weighted by atomic mass is 32.2. The van der Waals surface area contributed by atoms with Gasteiger partial charge in [0.1, 0.15) is 5.82 Å². The lowest BCUT2D eigenvalue weighted by molar-refractivity contribution is -0.173. The van der Waals surface area contributed by atoms with Gasteiger partial charge in [-0.25, -0.2) is 22.6 Å². The monoisotopic (exact) mass is 465 g/mol. The second-order valence-electron chi connectivity index (χ2n) is 6.35. The summed E-state index contributed by atoms with van der Waals surface area (Å²) in [5.41, 5.74) is 0.848. The van der Waals surface area contributed by atoms with Gasteiger partial charge in [-0.3, -0.25) is 19.2 Å². The van der Waals surface area contributed by atoms with Crippen LogP contribution in [0.3, 0.4) is 0 Å². The van der Waals surface area contributed by atoms with Crippen LogP contribution in [0.5, 0.6) is 0 Å². The SMILES string of the molecule is CON(Cc1ccc(F)cc1)C(=O)C=C(O)C(=O)NS(=O)(=O)c1ccc(NC(C)=O)cc1. The van der Waals surface area contributed by atoms with Crippen LogP contribution in [0.25, 0.3) is 0 Å². The van der Waals surface area contributed by atoms with Gasteiger partial charge in [-0.2, -0.15) is 0 Å². The van der Waals surface area contributed by atoms with Crippen molar-refractivity contribution in [3.63, 3.8) is 0 Å². The molecule has 0 aliphatic heterocycles. The van der Waals surface area contributed by atoms with Crippen LogP contribution < -0.4 is 10.0 Å². The predicted octanol–water partition coefficient (Wildman–Crippen LogP) is 1.62. The minimum Gasteiger partial charge on any atom is -0.503 e. The zero-order valence-corrected chi connectivity index (χ0v) is 17.8. The molecule has 0 aromatic heterocycles. The Kier molecular flexibility index (Phi) is 8.04. The van der Waals surface area contributed by atoms with Gasteiger partial charge in [0.05, 0.1) is 24.6 Å². The molecule has 0 aliphatic rings. The number of nitrogens with one attached hydrogen (secondary N) is 2. The molecule has 0 radical (unpaired) electrons. The average Bonchev–Trinajstić information content (AvgIpc) is 2.72. The van der Waals surface area contributed by atoms with Crippen molar-refractivity contribution in [2.75, 3.05) is 12.4 Å². The number of carbonyl (C=O) groups excluding carboxylic acids is 3. The molecule has 0 unspecified atom stereocenters. The van der Waals surface area contributed by atoms with Gasteiger partial charge in [-0.05, 0) is 42.0 Å². The van der Waals surface area contributed by atoms with Crippen LogP contribution in [0, 0.1) is 5.82 Å². The van der Waals surface area contributed by atoms with Crippen LogP contribution in [0.15, 0.2) is 65.3 Å². The molecule has 32 heavy (non-hydrogen) atoms. The number of rotatable bonds is 8. The molecular formula is C20H20FN3O7S. The lowest BCUT2D eigenvalue weighted by Gasteiger charge is -2.18. The molecule has 0 aliphatic carbocycles. The number of anilines is 1. The standard InChI is InChI=1S/C20H20FN3O7S/c1-13(25)22-16-7-9-17(10-8-16)32(29,30)23-20(28)18(26)11-19(27)24(31-2)12-14-3-5-15(21)6-4-14/h3-11,26H,12H2,1-2H3,(H,22,25)(H,23,28). The van der Waals surface area contributed by atoms with E-state index in [4.69, 9.17) is 4.84 Å². The summed E-state index contributed by atoms with van der Waals surface area (Å²) in [6.07, 6.45) is 0.484. The maximum absolute atomic E-state index is 13.0. The summed E-state index contributed by atoms with van der Waals surface area (Å²) in [4.78, 5) is 39.9. The first kappa shape index (κ1) is 24.5. The highest BCUT2D eigenvalue weighted by Gasteiger charge is 2.22. The molecule has 0 saturated carbocycles. The highest BCUT2D eigenvalue weighted by molar-refractivity contribution is 7.90. The van der Waals surface area contributed by atoms with E-state index in [2.05, 4.69) is 5.32 Å². The van der Waals surface area contributed by atoms with E-state index in [0.717, 1.165) is 17.2 Å². The van der Waals surface area contributed by atoms with Crippen molar-refractivity contribution in [3.05, 3.63) is 71.7 Å². The van der Waals surface area contributed by atoms with Gasteiger partial charge in [-0.1, -0.05) is 12.1 Å². The van der Waals surface area contributed by atoms with Gasteiger partial charge in [-0.15, -0.1) is 0 Å². The summed E-state index contributed by atoms with van der Waals surface area (Å²) < 4.78 is 39.2. The Balaban J connectivity index is 2.07. The molecule has 0 saturated heterocycles. The predicted molar refractivity (Wildman–Crippen MR) is 111 cm³/mol. The lowest BCUT2D eigenvalue weighted by Crippen LogP contribution is -2.33. The summed E-state index contributed by atoms with van der Waals surface area (Å²) in [5, 5.41) is 13.1. The zero-order chi connectivity index (χ0) is 23.9. The maximum Gasteiger partial charge on any atom is 0.300 e. The number of benzene rings is 2. The van der Waals surface area contributed by atoms with Crippen LogP contribution in [-0.2, 0) is 35.8 Å². The molecular weight excluding hydrogens is 445 g/mol. The van der Waals surface area contributed by atoms with Gasteiger partial charge >= 0.3 is 0 Å². The number of hydroxylamine groups is 2. The number of sulfonamides is 1. The fraction of sp³-hybridized carbons (Fsp3) is 0.150. The van der Waals surface area contributed by atoms with Gasteiger partial charge in [0.2, 0.25) is 5.91 Å². The Bertz CT molecular complexity index is 1130. The van der Waals surface area contributed by atoms with Crippen molar-refractivity contribution in [2.24, 2.45) is 0 Å². The van der Waals surface area contributed by atoms with Crippen molar-refractivity contribution in [2.45, 2.75) is 18.4 Å².